The van der Waals surface area contributed by atoms with Crippen LogP contribution in [0.3, 0.4) is 0 Å². The lowest BCUT2D eigenvalue weighted by molar-refractivity contribution is 0.0857. The van der Waals surface area contributed by atoms with Crippen LogP contribution in [0.1, 0.15) is 21.5 Å². The van der Waals surface area contributed by atoms with Crippen molar-refractivity contribution in [3.8, 4) is 0 Å². The van der Waals surface area contributed by atoms with E-state index in [2.05, 4.69) is 4.99 Å². The number of carbonyl (C=O) groups excluding carboxylic acids is 1. The molecular formula is C17H15ClN2O. The maximum atomic E-state index is 12.7. The maximum absolute atomic E-state index is 12.7. The smallest absolute Gasteiger partial charge is 0.259 e. The molecule has 0 aromatic heterocycles. The van der Waals surface area contributed by atoms with E-state index in [0.717, 1.165) is 11.1 Å². The summed E-state index contributed by atoms with van der Waals surface area (Å²) in [5.74, 6) is 0.690. The molecule has 0 bridgehead atoms. The van der Waals surface area contributed by atoms with Gasteiger partial charge in [0.1, 0.15) is 5.84 Å². The number of halogens is 1. The molecule has 0 N–H and O–H groups in total. The van der Waals surface area contributed by atoms with Gasteiger partial charge in [-0.3, -0.25) is 14.7 Å². The fourth-order valence-electron chi connectivity index (χ4n) is 2.48. The summed E-state index contributed by atoms with van der Waals surface area (Å²) in [6.45, 7) is 3.17. The summed E-state index contributed by atoms with van der Waals surface area (Å²) < 4.78 is 0. The van der Waals surface area contributed by atoms with Gasteiger partial charge >= 0.3 is 0 Å². The molecule has 0 spiro atoms. The van der Waals surface area contributed by atoms with E-state index < -0.39 is 0 Å². The molecule has 1 aliphatic heterocycles. The minimum atomic E-state index is -0.00988. The van der Waals surface area contributed by atoms with Gasteiger partial charge in [0, 0.05) is 22.7 Å². The van der Waals surface area contributed by atoms with Crippen molar-refractivity contribution < 1.29 is 4.79 Å². The molecule has 3 rings (SSSR count). The quantitative estimate of drug-likeness (QED) is 0.834. The second kappa shape index (κ2) is 5.70. The monoisotopic (exact) mass is 298 g/mol. The minimum absolute atomic E-state index is 0.00988. The zero-order chi connectivity index (χ0) is 14.8. The number of carbonyl (C=O) groups is 1. The highest BCUT2D eigenvalue weighted by atomic mass is 35.5. The zero-order valence-electron chi connectivity index (χ0n) is 11.7. The number of nitrogens with zero attached hydrogens (tertiary/aromatic N) is 2. The summed E-state index contributed by atoms with van der Waals surface area (Å²) in [5, 5.41) is 0.644. The number of hydrogen-bond donors (Lipinski definition) is 0. The Morgan fingerprint density at radius 2 is 2.00 bits per heavy atom. The van der Waals surface area contributed by atoms with Gasteiger partial charge < -0.3 is 0 Å². The molecule has 1 amide bonds. The molecule has 21 heavy (non-hydrogen) atoms. The average molecular weight is 299 g/mol. The van der Waals surface area contributed by atoms with Gasteiger partial charge in [0.25, 0.3) is 5.91 Å². The second-order valence-corrected chi connectivity index (χ2v) is 5.42. The average Bonchev–Trinajstić information content (AvgIpc) is 2.96. The van der Waals surface area contributed by atoms with E-state index in [-0.39, 0.29) is 5.91 Å². The lowest BCUT2D eigenvalue weighted by Gasteiger charge is -2.19. The van der Waals surface area contributed by atoms with Crippen LogP contribution >= 0.6 is 11.6 Å². The van der Waals surface area contributed by atoms with Gasteiger partial charge in [0.15, 0.2) is 0 Å². The summed E-state index contributed by atoms with van der Waals surface area (Å²) in [6, 6.07) is 15.1. The molecule has 1 aliphatic rings. The Morgan fingerprint density at radius 3 is 2.76 bits per heavy atom. The SMILES string of the molecule is Cc1ccccc1C(=O)N1CCN=C1c1cccc(Cl)c1. The first-order valence-corrected chi connectivity index (χ1v) is 7.22. The van der Waals surface area contributed by atoms with Gasteiger partial charge in [0.2, 0.25) is 0 Å². The summed E-state index contributed by atoms with van der Waals surface area (Å²) in [5.41, 5.74) is 2.57. The highest BCUT2D eigenvalue weighted by Gasteiger charge is 2.26. The minimum Gasteiger partial charge on any atom is -0.291 e. The van der Waals surface area contributed by atoms with Crippen molar-refractivity contribution in [1.82, 2.24) is 4.90 Å². The number of aliphatic imine (C=N–C) groups is 1. The third-order valence-electron chi connectivity index (χ3n) is 3.54. The Balaban J connectivity index is 1.94. The highest BCUT2D eigenvalue weighted by Crippen LogP contribution is 2.19. The predicted octanol–water partition coefficient (Wildman–Crippen LogP) is 3.55. The number of amides is 1. The number of hydrogen-bond acceptors (Lipinski definition) is 2. The van der Waals surface area contributed by atoms with Crippen molar-refractivity contribution in [3.63, 3.8) is 0 Å². The van der Waals surface area contributed by atoms with Gasteiger partial charge in [0.05, 0.1) is 6.54 Å². The van der Waals surface area contributed by atoms with Crippen molar-refractivity contribution >= 4 is 23.3 Å². The first-order chi connectivity index (χ1) is 10.2. The van der Waals surface area contributed by atoms with Gasteiger partial charge in [-0.1, -0.05) is 41.9 Å². The van der Waals surface area contributed by atoms with Crippen molar-refractivity contribution in [1.29, 1.82) is 0 Å². The Kier molecular flexibility index (Phi) is 3.76. The van der Waals surface area contributed by atoms with E-state index in [4.69, 9.17) is 11.6 Å². The normalized spacial score (nSPS) is 14.2. The Morgan fingerprint density at radius 1 is 1.19 bits per heavy atom. The van der Waals surface area contributed by atoms with E-state index in [0.29, 0.717) is 29.5 Å². The van der Waals surface area contributed by atoms with Gasteiger partial charge in [-0.2, -0.15) is 0 Å². The number of rotatable bonds is 2. The molecule has 0 radical (unpaired) electrons. The molecule has 0 atom stereocenters. The van der Waals surface area contributed by atoms with E-state index in [9.17, 15) is 4.79 Å². The highest BCUT2D eigenvalue weighted by molar-refractivity contribution is 6.31. The van der Waals surface area contributed by atoms with Gasteiger partial charge in [-0.25, -0.2) is 0 Å². The molecule has 0 fully saturated rings. The maximum Gasteiger partial charge on any atom is 0.259 e. The number of aryl methyl sites for hydroxylation is 1. The fourth-order valence-corrected chi connectivity index (χ4v) is 2.67. The Labute approximate surface area is 128 Å². The number of amidine groups is 1. The summed E-state index contributed by atoms with van der Waals surface area (Å²) in [7, 11) is 0. The van der Waals surface area contributed by atoms with Crippen molar-refractivity contribution in [2.45, 2.75) is 6.92 Å². The molecule has 1 heterocycles. The number of benzene rings is 2. The van der Waals surface area contributed by atoms with Crippen LogP contribution in [-0.4, -0.2) is 29.7 Å². The van der Waals surface area contributed by atoms with Crippen LogP contribution in [0.2, 0.25) is 5.02 Å². The molecule has 0 saturated heterocycles. The van der Waals surface area contributed by atoms with E-state index >= 15 is 0 Å². The first-order valence-electron chi connectivity index (χ1n) is 6.85. The molecular weight excluding hydrogens is 284 g/mol. The van der Waals surface area contributed by atoms with Crippen LogP contribution < -0.4 is 0 Å². The van der Waals surface area contributed by atoms with E-state index in [1.54, 1.807) is 4.90 Å². The van der Waals surface area contributed by atoms with Crippen LogP contribution in [0.25, 0.3) is 0 Å². The van der Waals surface area contributed by atoms with Gasteiger partial charge in [-0.05, 0) is 30.7 Å². The topological polar surface area (TPSA) is 32.7 Å². The second-order valence-electron chi connectivity index (χ2n) is 4.99. The van der Waals surface area contributed by atoms with E-state index in [1.165, 1.54) is 0 Å². The molecule has 0 aliphatic carbocycles. The predicted molar refractivity (Wildman–Crippen MR) is 85.1 cm³/mol. The first kappa shape index (κ1) is 13.8. The fraction of sp³-hybridized carbons (Fsp3) is 0.176. The zero-order valence-corrected chi connectivity index (χ0v) is 12.5. The van der Waals surface area contributed by atoms with Crippen LogP contribution in [0, 0.1) is 6.92 Å². The summed E-state index contributed by atoms with van der Waals surface area (Å²) in [6.07, 6.45) is 0. The molecule has 2 aromatic rings. The molecule has 0 saturated carbocycles. The molecule has 0 unspecified atom stereocenters. The third kappa shape index (κ3) is 2.69. The van der Waals surface area contributed by atoms with Crippen molar-refractivity contribution in [2.24, 2.45) is 4.99 Å². The third-order valence-corrected chi connectivity index (χ3v) is 3.78. The molecule has 4 heteroatoms. The Hall–Kier alpha value is -2.13. The molecule has 2 aromatic carbocycles. The largest absolute Gasteiger partial charge is 0.291 e. The van der Waals surface area contributed by atoms with Crippen LogP contribution in [0.15, 0.2) is 53.5 Å². The van der Waals surface area contributed by atoms with Crippen LogP contribution in [0.5, 0.6) is 0 Å². The summed E-state index contributed by atoms with van der Waals surface area (Å²) >= 11 is 6.03. The lowest BCUT2D eigenvalue weighted by atomic mass is 10.1. The standard InChI is InChI=1S/C17H15ClN2O/c1-12-5-2-3-8-15(12)17(21)20-10-9-19-16(20)13-6-4-7-14(18)11-13/h2-8,11H,9-10H2,1H3. The van der Waals surface area contributed by atoms with Gasteiger partial charge in [-0.15, -0.1) is 0 Å². The molecule has 3 nitrogen and oxygen atoms in total. The van der Waals surface area contributed by atoms with Crippen molar-refractivity contribution in [3.05, 3.63) is 70.2 Å². The van der Waals surface area contributed by atoms with Crippen LogP contribution in [0.4, 0.5) is 0 Å². The van der Waals surface area contributed by atoms with E-state index in [1.807, 2.05) is 55.5 Å². The van der Waals surface area contributed by atoms with Crippen LogP contribution in [-0.2, 0) is 0 Å². The van der Waals surface area contributed by atoms with Crippen molar-refractivity contribution in [2.75, 3.05) is 13.1 Å². The molecule has 106 valence electrons. The Bertz CT molecular complexity index is 724. The lowest BCUT2D eigenvalue weighted by Crippen LogP contribution is -2.35. The summed E-state index contributed by atoms with van der Waals surface area (Å²) in [4.78, 5) is 18.9.